The Hall–Kier alpha value is -0.640. The Morgan fingerprint density at radius 2 is 2.27 bits per heavy atom. The van der Waals surface area contributed by atoms with Crippen molar-refractivity contribution in [2.45, 2.75) is 6.42 Å². The monoisotopic (exact) mass is 267 g/mol. The van der Waals surface area contributed by atoms with E-state index < -0.39 is 0 Å². The van der Waals surface area contributed by atoms with Crippen molar-refractivity contribution in [3.63, 3.8) is 0 Å². The van der Waals surface area contributed by atoms with Crippen molar-refractivity contribution in [1.29, 1.82) is 0 Å². The molecule has 1 aliphatic rings. The van der Waals surface area contributed by atoms with E-state index in [0.717, 1.165) is 24.0 Å². The highest BCUT2D eigenvalue weighted by Gasteiger charge is 2.11. The number of hydrogen-bond acceptors (Lipinski definition) is 2. The molecule has 0 unspecified atom stereocenters. The van der Waals surface area contributed by atoms with Gasteiger partial charge >= 0.3 is 0 Å². The SMILES string of the molecule is CON1CC=C(c2cccc(Br)c2)CC1. The first kappa shape index (κ1) is 10.9. The van der Waals surface area contributed by atoms with Gasteiger partial charge in [-0.15, -0.1) is 0 Å². The number of hydrogen-bond donors (Lipinski definition) is 0. The van der Waals surface area contributed by atoms with Crippen LogP contribution in [0.15, 0.2) is 34.8 Å². The molecule has 3 heteroatoms. The van der Waals surface area contributed by atoms with Crippen LogP contribution in [0.5, 0.6) is 0 Å². The van der Waals surface area contributed by atoms with E-state index in [1.807, 2.05) is 11.1 Å². The predicted molar refractivity (Wildman–Crippen MR) is 65.3 cm³/mol. The molecule has 0 spiro atoms. The zero-order chi connectivity index (χ0) is 10.7. The van der Waals surface area contributed by atoms with E-state index >= 15 is 0 Å². The lowest BCUT2D eigenvalue weighted by atomic mass is 10.0. The average Bonchev–Trinajstić information content (AvgIpc) is 2.29. The number of hydroxylamine groups is 2. The molecule has 1 aliphatic heterocycles. The van der Waals surface area contributed by atoms with Crippen LogP contribution in [0, 0.1) is 0 Å². The third-order valence-electron chi connectivity index (χ3n) is 2.63. The Balaban J connectivity index is 2.15. The Labute approximate surface area is 98.6 Å². The van der Waals surface area contributed by atoms with Gasteiger partial charge in [-0.2, -0.15) is 5.06 Å². The molecule has 0 aromatic heterocycles. The summed E-state index contributed by atoms with van der Waals surface area (Å²) in [6, 6.07) is 8.44. The van der Waals surface area contributed by atoms with Gasteiger partial charge in [0.15, 0.2) is 0 Å². The van der Waals surface area contributed by atoms with Gasteiger partial charge < -0.3 is 4.84 Å². The summed E-state index contributed by atoms with van der Waals surface area (Å²) >= 11 is 3.49. The van der Waals surface area contributed by atoms with Crippen molar-refractivity contribution < 1.29 is 4.84 Å². The van der Waals surface area contributed by atoms with Crippen molar-refractivity contribution in [3.8, 4) is 0 Å². The number of nitrogens with zero attached hydrogens (tertiary/aromatic N) is 1. The van der Waals surface area contributed by atoms with E-state index in [1.54, 1.807) is 7.11 Å². The van der Waals surface area contributed by atoms with E-state index in [1.165, 1.54) is 11.1 Å². The summed E-state index contributed by atoms with van der Waals surface area (Å²) in [5, 5.41) is 1.96. The van der Waals surface area contributed by atoms with Crippen molar-refractivity contribution in [2.75, 3.05) is 20.2 Å². The first-order valence-corrected chi connectivity index (χ1v) is 5.83. The molecular weight excluding hydrogens is 254 g/mol. The molecule has 0 bridgehead atoms. The topological polar surface area (TPSA) is 12.5 Å². The van der Waals surface area contributed by atoms with Crippen LogP contribution in [-0.4, -0.2) is 25.3 Å². The van der Waals surface area contributed by atoms with Crippen LogP contribution in [0.3, 0.4) is 0 Å². The number of halogens is 1. The van der Waals surface area contributed by atoms with Gasteiger partial charge in [-0.3, -0.25) is 0 Å². The summed E-state index contributed by atoms with van der Waals surface area (Å²) in [6.07, 6.45) is 3.28. The molecule has 0 saturated heterocycles. The molecule has 0 radical (unpaired) electrons. The summed E-state index contributed by atoms with van der Waals surface area (Å²) in [5.74, 6) is 0. The van der Waals surface area contributed by atoms with Crippen LogP contribution in [0.1, 0.15) is 12.0 Å². The van der Waals surface area contributed by atoms with Gasteiger partial charge in [-0.1, -0.05) is 34.1 Å². The summed E-state index contributed by atoms with van der Waals surface area (Å²) in [6.45, 7) is 1.84. The highest BCUT2D eigenvalue weighted by molar-refractivity contribution is 9.10. The van der Waals surface area contributed by atoms with E-state index in [4.69, 9.17) is 4.84 Å². The first-order valence-electron chi connectivity index (χ1n) is 5.03. The molecule has 1 heterocycles. The van der Waals surface area contributed by atoms with E-state index in [0.29, 0.717) is 0 Å². The fraction of sp³-hybridized carbons (Fsp3) is 0.333. The quantitative estimate of drug-likeness (QED) is 0.817. The Bertz CT molecular complexity index is 376. The molecule has 2 nitrogen and oxygen atoms in total. The van der Waals surface area contributed by atoms with Gasteiger partial charge in [0.1, 0.15) is 0 Å². The summed E-state index contributed by atoms with van der Waals surface area (Å²) < 4.78 is 1.13. The molecule has 1 aromatic carbocycles. The van der Waals surface area contributed by atoms with Crippen LogP contribution in [0.4, 0.5) is 0 Å². The molecule has 0 amide bonds. The summed E-state index contributed by atoms with van der Waals surface area (Å²) in [7, 11) is 1.72. The minimum absolute atomic E-state index is 0.873. The predicted octanol–water partition coefficient (Wildman–Crippen LogP) is 3.10. The van der Waals surface area contributed by atoms with Crippen LogP contribution in [0.25, 0.3) is 5.57 Å². The Morgan fingerprint density at radius 3 is 2.87 bits per heavy atom. The first-order chi connectivity index (χ1) is 7.29. The van der Waals surface area contributed by atoms with Gasteiger partial charge in [0.25, 0.3) is 0 Å². The maximum atomic E-state index is 5.18. The lowest BCUT2D eigenvalue weighted by molar-refractivity contribution is -0.122. The van der Waals surface area contributed by atoms with Crippen LogP contribution >= 0.6 is 15.9 Å². The number of rotatable bonds is 2. The molecular formula is C12H14BrNO. The Kier molecular flexibility index (Phi) is 3.57. The fourth-order valence-electron chi connectivity index (χ4n) is 1.77. The lowest BCUT2D eigenvalue weighted by Crippen LogP contribution is -2.27. The molecule has 0 fully saturated rings. The average molecular weight is 268 g/mol. The standard InChI is InChI=1S/C12H14BrNO/c1-15-14-7-5-10(6-8-14)11-3-2-4-12(13)9-11/h2-5,9H,6-8H2,1H3. The second-order valence-electron chi connectivity index (χ2n) is 3.56. The summed E-state index contributed by atoms with van der Waals surface area (Å²) in [4.78, 5) is 5.18. The maximum Gasteiger partial charge on any atom is 0.0575 e. The van der Waals surface area contributed by atoms with Crippen LogP contribution in [-0.2, 0) is 4.84 Å². The highest BCUT2D eigenvalue weighted by atomic mass is 79.9. The van der Waals surface area contributed by atoms with Gasteiger partial charge in [0, 0.05) is 17.6 Å². The number of benzene rings is 1. The van der Waals surface area contributed by atoms with E-state index in [9.17, 15) is 0 Å². The fourth-order valence-corrected chi connectivity index (χ4v) is 2.17. The lowest BCUT2D eigenvalue weighted by Gasteiger charge is -2.24. The van der Waals surface area contributed by atoms with Crippen molar-refractivity contribution >= 4 is 21.5 Å². The molecule has 1 aromatic rings. The van der Waals surface area contributed by atoms with Crippen molar-refractivity contribution in [2.24, 2.45) is 0 Å². The van der Waals surface area contributed by atoms with Crippen LogP contribution < -0.4 is 0 Å². The minimum atomic E-state index is 0.873. The van der Waals surface area contributed by atoms with Gasteiger partial charge in [-0.05, 0) is 29.7 Å². The van der Waals surface area contributed by atoms with Gasteiger partial charge in [0.2, 0.25) is 0 Å². The molecule has 80 valence electrons. The van der Waals surface area contributed by atoms with Crippen LogP contribution in [0.2, 0.25) is 0 Å². The maximum absolute atomic E-state index is 5.18. The van der Waals surface area contributed by atoms with Crippen molar-refractivity contribution in [3.05, 3.63) is 40.4 Å². The van der Waals surface area contributed by atoms with Crippen molar-refractivity contribution in [1.82, 2.24) is 5.06 Å². The zero-order valence-corrected chi connectivity index (χ0v) is 10.3. The minimum Gasteiger partial charge on any atom is -0.302 e. The Morgan fingerprint density at radius 1 is 1.40 bits per heavy atom. The molecule has 0 N–H and O–H groups in total. The molecule has 0 saturated carbocycles. The van der Waals surface area contributed by atoms with E-state index in [2.05, 4.69) is 40.2 Å². The van der Waals surface area contributed by atoms with Gasteiger partial charge in [0.05, 0.1) is 7.11 Å². The smallest absolute Gasteiger partial charge is 0.0575 e. The second kappa shape index (κ2) is 4.92. The second-order valence-corrected chi connectivity index (χ2v) is 4.48. The molecule has 0 atom stereocenters. The summed E-state index contributed by atoms with van der Waals surface area (Å²) in [5.41, 5.74) is 2.71. The molecule has 2 rings (SSSR count). The normalized spacial score (nSPS) is 17.6. The van der Waals surface area contributed by atoms with E-state index in [-0.39, 0.29) is 0 Å². The zero-order valence-electron chi connectivity index (χ0n) is 8.74. The molecule has 15 heavy (non-hydrogen) atoms. The third-order valence-corrected chi connectivity index (χ3v) is 3.12. The highest BCUT2D eigenvalue weighted by Crippen LogP contribution is 2.24. The molecule has 0 aliphatic carbocycles. The van der Waals surface area contributed by atoms with Gasteiger partial charge in [-0.25, -0.2) is 0 Å². The third kappa shape index (κ3) is 2.68. The largest absolute Gasteiger partial charge is 0.302 e.